The number of carbonyl (C=O) groups is 2. The molecule has 0 spiro atoms. The second kappa shape index (κ2) is 11.6. The molecule has 5 rings (SSSR count). The normalized spacial score (nSPS) is 15.7. The number of amides is 1. The van der Waals surface area contributed by atoms with Crippen LogP contribution in [0.2, 0.25) is 0 Å². The van der Waals surface area contributed by atoms with E-state index in [4.69, 9.17) is 9.47 Å². The maximum absolute atomic E-state index is 13.1. The van der Waals surface area contributed by atoms with Crippen LogP contribution in [0.3, 0.4) is 0 Å². The van der Waals surface area contributed by atoms with E-state index in [1.165, 1.54) is 22.3 Å². The second-order valence-electron chi connectivity index (χ2n) is 10.3. The molecule has 38 heavy (non-hydrogen) atoms. The highest BCUT2D eigenvalue weighted by Crippen LogP contribution is 2.44. The monoisotopic (exact) mass is 847 g/mol. The maximum Gasteiger partial charge on any atom is 0.409 e. The quantitative estimate of drug-likeness (QED) is 0.148. The molecular weight excluding hydrogens is 819 g/mol. The Kier molecular flexibility index (Phi) is 8.59. The number of carbonyl (C=O) groups excluding carboxylic acids is 2. The summed E-state index contributed by atoms with van der Waals surface area (Å²) in [5.41, 5.74) is 4.82. The Morgan fingerprint density at radius 1 is 0.921 bits per heavy atom. The van der Waals surface area contributed by atoms with E-state index < -0.39 is 5.60 Å². The highest BCUT2D eigenvalue weighted by atomic mass is 127. The Balaban J connectivity index is 1.17. The zero-order chi connectivity index (χ0) is 27.0. The zero-order valence-corrected chi connectivity index (χ0v) is 27.7. The molecule has 198 valence electrons. The van der Waals surface area contributed by atoms with Gasteiger partial charge in [-0.3, -0.25) is 0 Å². The lowest BCUT2D eigenvalue weighted by Gasteiger charge is -2.39. The van der Waals surface area contributed by atoms with Crippen LogP contribution in [-0.2, 0) is 9.47 Å². The van der Waals surface area contributed by atoms with Gasteiger partial charge in [0.1, 0.15) is 12.2 Å². The topological polar surface area (TPSA) is 55.8 Å². The van der Waals surface area contributed by atoms with Gasteiger partial charge in [-0.1, -0.05) is 48.5 Å². The predicted molar refractivity (Wildman–Crippen MR) is 173 cm³/mol. The van der Waals surface area contributed by atoms with Crippen molar-refractivity contribution < 1.29 is 19.1 Å². The standard InChI is InChI=1S/C30H28I3NO4/c1-30(2,38-28(35)24-15-19(31)16-26(32)27(24)33)18-11-13-34(14-12-18)29(36)37-17-25-22-9-5-3-7-20(22)21-8-4-6-10-23(21)25/h3-10,15-16,18,25H,11-14,17H2,1-2H3. The minimum atomic E-state index is -0.639. The predicted octanol–water partition coefficient (Wildman–Crippen LogP) is 8.10. The fraction of sp³-hybridized carbons (Fsp3) is 0.333. The molecule has 8 heteroatoms. The lowest BCUT2D eigenvalue weighted by atomic mass is 9.83. The van der Waals surface area contributed by atoms with Crippen LogP contribution in [0.15, 0.2) is 60.7 Å². The Morgan fingerprint density at radius 2 is 1.50 bits per heavy atom. The average Bonchev–Trinajstić information content (AvgIpc) is 3.22. The molecular formula is C30H28I3NO4. The van der Waals surface area contributed by atoms with Gasteiger partial charge in [-0.2, -0.15) is 0 Å². The van der Waals surface area contributed by atoms with E-state index in [9.17, 15) is 9.59 Å². The third kappa shape index (κ3) is 5.72. The summed E-state index contributed by atoms with van der Waals surface area (Å²) >= 11 is 6.68. The molecule has 0 N–H and O–H groups in total. The van der Waals surface area contributed by atoms with Crippen molar-refractivity contribution in [2.45, 2.75) is 38.2 Å². The Bertz CT molecular complexity index is 1340. The van der Waals surface area contributed by atoms with Crippen LogP contribution in [0, 0.1) is 16.6 Å². The van der Waals surface area contributed by atoms with Crippen LogP contribution in [0.25, 0.3) is 11.1 Å². The van der Waals surface area contributed by atoms with Gasteiger partial charge in [0.15, 0.2) is 0 Å². The summed E-state index contributed by atoms with van der Waals surface area (Å²) in [6.07, 6.45) is 1.24. The molecule has 1 aliphatic heterocycles. The van der Waals surface area contributed by atoms with Gasteiger partial charge >= 0.3 is 12.1 Å². The molecule has 0 bridgehead atoms. The van der Waals surface area contributed by atoms with Gasteiger partial charge in [0.2, 0.25) is 0 Å². The Labute approximate surface area is 264 Å². The van der Waals surface area contributed by atoms with Crippen LogP contribution in [0.5, 0.6) is 0 Å². The largest absolute Gasteiger partial charge is 0.456 e. The molecule has 0 aromatic heterocycles. The molecule has 1 aliphatic carbocycles. The van der Waals surface area contributed by atoms with Crippen molar-refractivity contribution >= 4 is 79.8 Å². The van der Waals surface area contributed by atoms with E-state index >= 15 is 0 Å². The van der Waals surface area contributed by atoms with Crippen molar-refractivity contribution in [2.75, 3.05) is 19.7 Å². The minimum Gasteiger partial charge on any atom is -0.456 e. The van der Waals surface area contributed by atoms with Gasteiger partial charge in [-0.15, -0.1) is 0 Å². The van der Waals surface area contributed by atoms with Crippen molar-refractivity contribution in [3.63, 3.8) is 0 Å². The van der Waals surface area contributed by atoms with Crippen molar-refractivity contribution in [3.8, 4) is 11.1 Å². The summed E-state index contributed by atoms with van der Waals surface area (Å²) in [5.74, 6) is -0.0902. The summed E-state index contributed by atoms with van der Waals surface area (Å²) in [6.45, 7) is 5.44. The molecule has 3 aromatic rings. The summed E-state index contributed by atoms with van der Waals surface area (Å²) < 4.78 is 14.9. The van der Waals surface area contributed by atoms with Gasteiger partial charge in [-0.05, 0) is 129 Å². The highest BCUT2D eigenvalue weighted by molar-refractivity contribution is 14.1. The molecule has 0 radical (unpaired) electrons. The number of piperidine rings is 1. The number of fused-ring (bicyclic) bond motifs is 3. The average molecular weight is 847 g/mol. The SMILES string of the molecule is CC(C)(OC(=O)c1cc(I)cc(I)c1I)C1CCN(C(=O)OCC2c3ccccc3-c3ccccc32)CC1. The number of hydrogen-bond donors (Lipinski definition) is 0. The Hall–Kier alpha value is -1.41. The molecule has 3 aromatic carbocycles. The van der Waals surface area contributed by atoms with Crippen LogP contribution in [0.1, 0.15) is 54.1 Å². The van der Waals surface area contributed by atoms with Crippen LogP contribution < -0.4 is 0 Å². The van der Waals surface area contributed by atoms with Crippen molar-refractivity contribution in [1.82, 2.24) is 4.90 Å². The van der Waals surface area contributed by atoms with E-state index in [0.717, 1.165) is 23.6 Å². The second-order valence-corrected chi connectivity index (χ2v) is 13.8. The highest BCUT2D eigenvalue weighted by Gasteiger charge is 2.38. The lowest BCUT2D eigenvalue weighted by Crippen LogP contribution is -2.46. The van der Waals surface area contributed by atoms with E-state index in [1.807, 2.05) is 38.1 Å². The zero-order valence-electron chi connectivity index (χ0n) is 21.2. The first kappa shape index (κ1) is 28.1. The van der Waals surface area contributed by atoms with Gasteiger partial charge in [0.05, 0.1) is 5.56 Å². The molecule has 0 saturated carbocycles. The molecule has 2 aliphatic rings. The molecule has 1 amide bonds. The molecule has 1 saturated heterocycles. The fourth-order valence-electron chi connectivity index (χ4n) is 5.52. The number of nitrogens with zero attached hydrogens (tertiary/aromatic N) is 1. The van der Waals surface area contributed by atoms with E-state index in [0.29, 0.717) is 25.3 Å². The van der Waals surface area contributed by atoms with Crippen LogP contribution in [0.4, 0.5) is 4.79 Å². The van der Waals surface area contributed by atoms with Gasteiger partial charge in [0, 0.05) is 35.6 Å². The van der Waals surface area contributed by atoms with Gasteiger partial charge in [-0.25, -0.2) is 9.59 Å². The van der Waals surface area contributed by atoms with E-state index in [-0.39, 0.29) is 23.9 Å². The van der Waals surface area contributed by atoms with Gasteiger partial charge in [0.25, 0.3) is 0 Å². The van der Waals surface area contributed by atoms with Crippen molar-refractivity contribution in [1.29, 1.82) is 0 Å². The lowest BCUT2D eigenvalue weighted by molar-refractivity contribution is -0.0447. The molecule has 0 atom stereocenters. The first-order valence-corrected chi connectivity index (χ1v) is 15.9. The Morgan fingerprint density at radius 3 is 2.11 bits per heavy atom. The number of benzene rings is 3. The van der Waals surface area contributed by atoms with Gasteiger partial charge < -0.3 is 14.4 Å². The maximum atomic E-state index is 13.1. The summed E-state index contributed by atoms with van der Waals surface area (Å²) in [5, 5.41) is 0. The number of hydrogen-bond acceptors (Lipinski definition) is 4. The third-order valence-corrected chi connectivity index (χ3v) is 11.3. The smallest absolute Gasteiger partial charge is 0.409 e. The van der Waals surface area contributed by atoms with Crippen LogP contribution >= 0.6 is 67.8 Å². The molecule has 1 fully saturated rings. The van der Waals surface area contributed by atoms with Crippen LogP contribution in [-0.4, -0.2) is 42.3 Å². The third-order valence-electron chi connectivity index (χ3n) is 7.64. The first-order chi connectivity index (χ1) is 18.2. The summed E-state index contributed by atoms with van der Waals surface area (Å²) in [6, 6.07) is 20.6. The molecule has 0 unspecified atom stereocenters. The number of rotatable bonds is 5. The number of likely N-dealkylation sites (tertiary alicyclic amines) is 1. The van der Waals surface area contributed by atoms with Crippen molar-refractivity contribution in [2.24, 2.45) is 5.92 Å². The molecule has 5 nitrogen and oxygen atoms in total. The van der Waals surface area contributed by atoms with E-state index in [1.54, 1.807) is 4.90 Å². The number of halogens is 3. The fourth-order valence-corrected chi connectivity index (χ4v) is 7.90. The number of esters is 1. The number of ether oxygens (including phenoxy) is 2. The van der Waals surface area contributed by atoms with E-state index in [2.05, 4.69) is 104 Å². The minimum absolute atomic E-state index is 0.0501. The van der Waals surface area contributed by atoms with Crippen molar-refractivity contribution in [3.05, 3.63) is 88.1 Å². The summed E-state index contributed by atoms with van der Waals surface area (Å²) in [7, 11) is 0. The molecule has 1 heterocycles. The first-order valence-electron chi connectivity index (χ1n) is 12.6. The summed E-state index contributed by atoms with van der Waals surface area (Å²) in [4.78, 5) is 27.9.